The van der Waals surface area contributed by atoms with E-state index in [1.807, 2.05) is 11.4 Å². The molecule has 1 fully saturated rings. The summed E-state index contributed by atoms with van der Waals surface area (Å²) in [6.45, 7) is 1.20. The molecule has 0 unspecified atom stereocenters. The molecule has 1 saturated carbocycles. The minimum atomic E-state index is 0.0479. The van der Waals surface area contributed by atoms with E-state index in [0.29, 0.717) is 12.5 Å². The van der Waals surface area contributed by atoms with Gasteiger partial charge in [-0.05, 0) is 46.1 Å². The Labute approximate surface area is 108 Å². The van der Waals surface area contributed by atoms with Gasteiger partial charge in [-0.1, -0.05) is 5.92 Å². The lowest BCUT2D eigenvalue weighted by atomic mass is 10.3. The molecule has 2 nitrogen and oxygen atoms in total. The Bertz CT molecular complexity index is 430. The van der Waals surface area contributed by atoms with Crippen molar-refractivity contribution in [2.75, 3.05) is 13.1 Å². The molecule has 0 aromatic carbocycles. The highest BCUT2D eigenvalue weighted by Crippen LogP contribution is 2.31. The summed E-state index contributed by atoms with van der Waals surface area (Å²) in [6, 6.07) is 1.89. The standard InChI is InChI=1S/C12H12BrNOS/c1-2-6-14(8-9-3-4-9)12(15)11-10(13)5-7-16-11/h1,5,7,9H,3-4,6,8H2. The second-order valence-corrected chi connectivity index (χ2v) is 5.70. The quantitative estimate of drug-likeness (QED) is 0.783. The van der Waals surface area contributed by atoms with Crippen LogP contribution in [0.15, 0.2) is 15.9 Å². The van der Waals surface area contributed by atoms with E-state index in [1.165, 1.54) is 24.2 Å². The van der Waals surface area contributed by atoms with Crippen LogP contribution in [0.5, 0.6) is 0 Å². The summed E-state index contributed by atoms with van der Waals surface area (Å²) in [6.07, 6.45) is 7.75. The van der Waals surface area contributed by atoms with Crippen molar-refractivity contribution in [1.82, 2.24) is 4.90 Å². The molecule has 1 aliphatic carbocycles. The Balaban J connectivity index is 2.10. The van der Waals surface area contributed by atoms with Crippen molar-refractivity contribution in [3.63, 3.8) is 0 Å². The van der Waals surface area contributed by atoms with Gasteiger partial charge in [0.2, 0.25) is 0 Å². The van der Waals surface area contributed by atoms with Gasteiger partial charge in [0, 0.05) is 11.0 Å². The van der Waals surface area contributed by atoms with Crippen LogP contribution in [0.4, 0.5) is 0 Å². The molecular formula is C12H12BrNOS. The maximum atomic E-state index is 12.2. The Morgan fingerprint density at radius 2 is 2.44 bits per heavy atom. The number of hydrogen-bond acceptors (Lipinski definition) is 2. The summed E-state index contributed by atoms with van der Waals surface area (Å²) < 4.78 is 0.861. The number of amides is 1. The SMILES string of the molecule is C#CCN(CC1CC1)C(=O)c1sccc1Br. The topological polar surface area (TPSA) is 20.3 Å². The molecule has 0 bridgehead atoms. The summed E-state index contributed by atoms with van der Waals surface area (Å²) in [5, 5.41) is 1.91. The molecule has 1 aromatic heterocycles. The molecule has 1 aliphatic rings. The number of carbonyl (C=O) groups is 1. The van der Waals surface area contributed by atoms with Crippen LogP contribution in [0.1, 0.15) is 22.5 Å². The minimum absolute atomic E-state index is 0.0479. The number of terminal acetylenes is 1. The first kappa shape index (κ1) is 11.7. The predicted octanol–water partition coefficient (Wildman–Crippen LogP) is 3.00. The number of rotatable bonds is 4. The van der Waals surface area contributed by atoms with E-state index in [-0.39, 0.29) is 5.91 Å². The van der Waals surface area contributed by atoms with Gasteiger partial charge in [-0.3, -0.25) is 4.79 Å². The molecule has 16 heavy (non-hydrogen) atoms. The molecule has 2 rings (SSSR count). The molecule has 1 amide bonds. The summed E-state index contributed by atoms with van der Waals surface area (Å²) in [5.74, 6) is 3.27. The maximum Gasteiger partial charge on any atom is 0.265 e. The smallest absolute Gasteiger partial charge is 0.265 e. The molecule has 0 atom stereocenters. The van der Waals surface area contributed by atoms with E-state index < -0.39 is 0 Å². The van der Waals surface area contributed by atoms with Crippen LogP contribution in [0.2, 0.25) is 0 Å². The van der Waals surface area contributed by atoms with Gasteiger partial charge in [-0.25, -0.2) is 0 Å². The predicted molar refractivity (Wildman–Crippen MR) is 69.5 cm³/mol. The fraction of sp³-hybridized carbons (Fsp3) is 0.417. The van der Waals surface area contributed by atoms with Gasteiger partial charge in [0.15, 0.2) is 0 Å². The second-order valence-electron chi connectivity index (χ2n) is 3.93. The van der Waals surface area contributed by atoms with Crippen molar-refractivity contribution in [1.29, 1.82) is 0 Å². The maximum absolute atomic E-state index is 12.2. The zero-order valence-electron chi connectivity index (χ0n) is 8.78. The summed E-state index contributed by atoms with van der Waals surface area (Å²) in [7, 11) is 0. The van der Waals surface area contributed by atoms with Crippen LogP contribution < -0.4 is 0 Å². The number of nitrogens with zero attached hydrogens (tertiary/aromatic N) is 1. The Morgan fingerprint density at radius 1 is 1.69 bits per heavy atom. The zero-order valence-corrected chi connectivity index (χ0v) is 11.2. The molecular weight excluding hydrogens is 286 g/mol. The van der Waals surface area contributed by atoms with Gasteiger partial charge < -0.3 is 4.90 Å². The number of hydrogen-bond donors (Lipinski definition) is 0. The Kier molecular flexibility index (Phi) is 3.67. The van der Waals surface area contributed by atoms with Gasteiger partial charge in [-0.15, -0.1) is 17.8 Å². The van der Waals surface area contributed by atoms with Crippen LogP contribution in [0.25, 0.3) is 0 Å². The lowest BCUT2D eigenvalue weighted by Crippen LogP contribution is -2.32. The molecule has 0 spiro atoms. The average Bonchev–Trinajstić information content (AvgIpc) is 2.98. The molecule has 1 heterocycles. The number of halogens is 1. The lowest BCUT2D eigenvalue weighted by Gasteiger charge is -2.19. The monoisotopic (exact) mass is 297 g/mol. The first-order chi connectivity index (χ1) is 7.72. The molecule has 84 valence electrons. The minimum Gasteiger partial charge on any atom is -0.326 e. The third-order valence-electron chi connectivity index (χ3n) is 2.56. The van der Waals surface area contributed by atoms with E-state index >= 15 is 0 Å². The third kappa shape index (κ3) is 2.66. The highest BCUT2D eigenvalue weighted by atomic mass is 79.9. The van der Waals surface area contributed by atoms with E-state index in [4.69, 9.17) is 6.42 Å². The van der Waals surface area contributed by atoms with Crippen molar-refractivity contribution < 1.29 is 4.79 Å². The lowest BCUT2D eigenvalue weighted by molar-refractivity contribution is 0.0774. The molecule has 1 aromatic rings. The van der Waals surface area contributed by atoms with Crippen molar-refractivity contribution in [3.05, 3.63) is 20.8 Å². The van der Waals surface area contributed by atoms with E-state index in [9.17, 15) is 4.79 Å². The van der Waals surface area contributed by atoms with Crippen molar-refractivity contribution in [2.45, 2.75) is 12.8 Å². The van der Waals surface area contributed by atoms with E-state index in [2.05, 4.69) is 21.9 Å². The highest BCUT2D eigenvalue weighted by Gasteiger charge is 2.27. The Hall–Kier alpha value is -0.790. The summed E-state index contributed by atoms with van der Waals surface area (Å²) in [5.41, 5.74) is 0. The van der Waals surface area contributed by atoms with Crippen LogP contribution in [0, 0.1) is 18.3 Å². The Morgan fingerprint density at radius 3 is 2.94 bits per heavy atom. The third-order valence-corrected chi connectivity index (χ3v) is 4.38. The van der Waals surface area contributed by atoms with Gasteiger partial charge in [0.1, 0.15) is 4.88 Å². The van der Waals surface area contributed by atoms with E-state index in [0.717, 1.165) is 15.9 Å². The molecule has 0 N–H and O–H groups in total. The van der Waals surface area contributed by atoms with Gasteiger partial charge in [0.05, 0.1) is 6.54 Å². The van der Waals surface area contributed by atoms with E-state index in [1.54, 1.807) is 4.90 Å². The van der Waals surface area contributed by atoms with Crippen molar-refractivity contribution in [3.8, 4) is 12.3 Å². The molecule has 0 saturated heterocycles. The normalized spacial score (nSPS) is 14.5. The average molecular weight is 298 g/mol. The highest BCUT2D eigenvalue weighted by molar-refractivity contribution is 9.10. The van der Waals surface area contributed by atoms with Crippen LogP contribution in [-0.2, 0) is 0 Å². The first-order valence-electron chi connectivity index (χ1n) is 5.18. The molecule has 0 radical (unpaired) electrons. The van der Waals surface area contributed by atoms with Gasteiger partial charge in [0.25, 0.3) is 5.91 Å². The van der Waals surface area contributed by atoms with Crippen LogP contribution >= 0.6 is 27.3 Å². The molecule has 0 aliphatic heterocycles. The van der Waals surface area contributed by atoms with Crippen molar-refractivity contribution >= 4 is 33.2 Å². The molecule has 4 heteroatoms. The fourth-order valence-electron chi connectivity index (χ4n) is 1.53. The van der Waals surface area contributed by atoms with Crippen molar-refractivity contribution in [2.24, 2.45) is 5.92 Å². The van der Waals surface area contributed by atoms with Gasteiger partial charge >= 0.3 is 0 Å². The van der Waals surface area contributed by atoms with Crippen LogP contribution in [0.3, 0.4) is 0 Å². The number of thiophene rings is 1. The zero-order chi connectivity index (χ0) is 11.5. The summed E-state index contributed by atoms with van der Waals surface area (Å²) in [4.78, 5) is 14.7. The fourth-order valence-corrected chi connectivity index (χ4v) is 3.04. The first-order valence-corrected chi connectivity index (χ1v) is 6.85. The second kappa shape index (κ2) is 5.03. The number of carbonyl (C=O) groups excluding carboxylic acids is 1. The largest absolute Gasteiger partial charge is 0.326 e. The van der Waals surface area contributed by atoms with Gasteiger partial charge in [-0.2, -0.15) is 0 Å². The van der Waals surface area contributed by atoms with Crippen LogP contribution in [-0.4, -0.2) is 23.9 Å². The summed E-state index contributed by atoms with van der Waals surface area (Å²) >= 11 is 4.83.